The molecule has 0 saturated heterocycles. The van der Waals surface area contributed by atoms with Crippen molar-refractivity contribution in [2.75, 3.05) is 13.2 Å². The number of aromatic nitrogens is 1. The molecular formula is C33H40N2O5. The molecule has 4 N–H and O–H groups in total. The van der Waals surface area contributed by atoms with Gasteiger partial charge in [-0.05, 0) is 79.9 Å². The van der Waals surface area contributed by atoms with E-state index in [-0.39, 0.29) is 24.7 Å². The van der Waals surface area contributed by atoms with Crippen molar-refractivity contribution in [3.05, 3.63) is 71.9 Å². The number of ether oxygens (including phenoxy) is 1. The maximum Gasteiger partial charge on any atom is 0.252 e. The first-order valence-corrected chi connectivity index (χ1v) is 14.7. The zero-order valence-electron chi connectivity index (χ0n) is 23.1. The van der Waals surface area contributed by atoms with Crippen LogP contribution in [0.5, 0.6) is 0 Å². The summed E-state index contributed by atoms with van der Waals surface area (Å²) in [5.41, 5.74) is 1.06. The molecule has 3 aromatic rings. The van der Waals surface area contributed by atoms with E-state index in [0.717, 1.165) is 54.0 Å². The van der Waals surface area contributed by atoms with Crippen LogP contribution in [0.25, 0.3) is 10.9 Å². The second-order valence-corrected chi connectivity index (χ2v) is 12.6. The van der Waals surface area contributed by atoms with Crippen LogP contribution >= 0.6 is 0 Å². The largest absolute Gasteiger partial charge is 0.394 e. The highest BCUT2D eigenvalue weighted by Gasteiger charge is 2.51. The smallest absolute Gasteiger partial charge is 0.252 e. The van der Waals surface area contributed by atoms with Crippen LogP contribution in [0, 0.1) is 29.6 Å². The highest BCUT2D eigenvalue weighted by atomic mass is 16.5. The lowest BCUT2D eigenvalue weighted by atomic mass is 9.51. The molecule has 40 heavy (non-hydrogen) atoms. The van der Waals surface area contributed by atoms with E-state index in [2.05, 4.69) is 10.3 Å². The minimum atomic E-state index is -1.39. The number of aliphatic hydroxyl groups is 2. The first-order chi connectivity index (χ1) is 19.3. The fourth-order valence-corrected chi connectivity index (χ4v) is 8.04. The molecule has 4 bridgehead atoms. The molecule has 0 radical (unpaired) electrons. The van der Waals surface area contributed by atoms with Crippen LogP contribution in [-0.2, 0) is 20.7 Å². The number of benzene rings is 2. The molecule has 4 aliphatic rings. The number of para-hydroxylation sites is 1. The lowest BCUT2D eigenvalue weighted by Gasteiger charge is -2.53. The Balaban J connectivity index is 1.22. The topological polar surface area (TPSA) is 112 Å². The predicted molar refractivity (Wildman–Crippen MR) is 152 cm³/mol. The molecule has 3 unspecified atom stereocenters. The van der Waals surface area contributed by atoms with Crippen LogP contribution in [0.15, 0.2) is 60.8 Å². The number of hydrogen-bond acceptors (Lipinski definition) is 5. The summed E-state index contributed by atoms with van der Waals surface area (Å²) in [4.78, 5) is 30.8. The van der Waals surface area contributed by atoms with Crippen LogP contribution in [0.3, 0.4) is 0 Å². The van der Waals surface area contributed by atoms with E-state index in [0.29, 0.717) is 17.4 Å². The second-order valence-electron chi connectivity index (χ2n) is 12.6. The molecule has 1 aromatic heterocycles. The van der Waals surface area contributed by atoms with E-state index in [1.165, 1.54) is 6.42 Å². The third-order valence-corrected chi connectivity index (χ3v) is 9.85. The Morgan fingerprint density at radius 2 is 1.65 bits per heavy atom. The highest BCUT2D eigenvalue weighted by molar-refractivity contribution is 5.89. The van der Waals surface area contributed by atoms with Crippen molar-refractivity contribution in [2.24, 2.45) is 29.6 Å². The minimum Gasteiger partial charge on any atom is -0.394 e. The van der Waals surface area contributed by atoms with Gasteiger partial charge in [-0.2, -0.15) is 0 Å². The molecule has 7 nitrogen and oxygen atoms in total. The molecular weight excluding hydrogens is 504 g/mol. The summed E-state index contributed by atoms with van der Waals surface area (Å²) < 4.78 is 6.32. The summed E-state index contributed by atoms with van der Waals surface area (Å²) in [5.74, 6) is 2.10. The first kappa shape index (κ1) is 27.2. The van der Waals surface area contributed by atoms with Gasteiger partial charge in [-0.3, -0.25) is 9.59 Å². The summed E-state index contributed by atoms with van der Waals surface area (Å²) in [5, 5.41) is 24.8. The van der Waals surface area contributed by atoms with Crippen molar-refractivity contribution < 1.29 is 24.5 Å². The second kappa shape index (κ2) is 11.1. The van der Waals surface area contributed by atoms with Crippen molar-refractivity contribution in [2.45, 2.75) is 63.2 Å². The lowest BCUT2D eigenvalue weighted by molar-refractivity contribution is -0.156. The van der Waals surface area contributed by atoms with Gasteiger partial charge in [-0.15, -0.1) is 0 Å². The summed E-state index contributed by atoms with van der Waals surface area (Å²) in [6.07, 6.45) is 6.92. The van der Waals surface area contributed by atoms with Gasteiger partial charge in [0.2, 0.25) is 0 Å². The van der Waals surface area contributed by atoms with Crippen LogP contribution in [0.1, 0.15) is 56.3 Å². The summed E-state index contributed by atoms with van der Waals surface area (Å²) >= 11 is 0. The van der Waals surface area contributed by atoms with Gasteiger partial charge >= 0.3 is 0 Å². The van der Waals surface area contributed by atoms with Crippen molar-refractivity contribution in [3.8, 4) is 0 Å². The fraction of sp³-hybridized carbons (Fsp3) is 0.515. The Bertz CT molecular complexity index is 1330. The van der Waals surface area contributed by atoms with E-state index < -0.39 is 30.3 Å². The van der Waals surface area contributed by atoms with Gasteiger partial charge in [-0.1, -0.05) is 48.5 Å². The SMILES string of the molecule is CC(Cc1c[nH]c2ccccc12)(OCC(=O)C1C2CC3CC(C2)CC1C3)C(=O)NC(CO)C(O)c1ccccc1. The number of nitrogens with one attached hydrogen (secondary N) is 2. The molecule has 1 amide bonds. The summed E-state index contributed by atoms with van der Waals surface area (Å²) in [6.45, 7) is 1.14. The number of aliphatic hydroxyl groups excluding tert-OH is 2. The Morgan fingerprint density at radius 3 is 2.33 bits per heavy atom. The normalized spacial score (nSPS) is 28.2. The predicted octanol–water partition coefficient (Wildman–Crippen LogP) is 4.34. The van der Waals surface area contributed by atoms with Gasteiger partial charge in [0.05, 0.1) is 12.6 Å². The monoisotopic (exact) mass is 544 g/mol. The molecule has 1 heterocycles. The summed E-state index contributed by atoms with van der Waals surface area (Å²) in [7, 11) is 0. The maximum atomic E-state index is 13.9. The van der Waals surface area contributed by atoms with Gasteiger partial charge in [0, 0.05) is 29.4 Å². The highest BCUT2D eigenvalue weighted by Crippen LogP contribution is 2.56. The van der Waals surface area contributed by atoms with E-state index in [1.807, 2.05) is 36.5 Å². The lowest BCUT2D eigenvalue weighted by Crippen LogP contribution is -2.55. The third kappa shape index (κ3) is 5.22. The number of Topliss-reactive ketones (excluding diaryl/α,β-unsaturated/α-hetero) is 1. The zero-order valence-corrected chi connectivity index (χ0v) is 23.1. The Morgan fingerprint density at radius 1 is 1.00 bits per heavy atom. The number of ketones is 1. The average Bonchev–Trinajstić information content (AvgIpc) is 3.36. The molecule has 7 heteroatoms. The molecule has 0 aliphatic heterocycles. The van der Waals surface area contributed by atoms with E-state index >= 15 is 0 Å². The van der Waals surface area contributed by atoms with Crippen LogP contribution < -0.4 is 5.32 Å². The van der Waals surface area contributed by atoms with E-state index in [9.17, 15) is 19.8 Å². The maximum absolute atomic E-state index is 13.9. The van der Waals surface area contributed by atoms with E-state index in [1.54, 1.807) is 31.2 Å². The number of aromatic amines is 1. The number of carbonyl (C=O) groups excluding carboxylic acids is 2. The Hall–Kier alpha value is -3.00. The van der Waals surface area contributed by atoms with Crippen molar-refractivity contribution in [3.63, 3.8) is 0 Å². The molecule has 4 saturated carbocycles. The number of H-pyrrole nitrogens is 1. The molecule has 212 valence electrons. The van der Waals surface area contributed by atoms with Crippen molar-refractivity contribution in [1.82, 2.24) is 10.3 Å². The molecule has 2 aromatic carbocycles. The van der Waals surface area contributed by atoms with Crippen molar-refractivity contribution >= 4 is 22.6 Å². The molecule has 0 spiro atoms. The van der Waals surface area contributed by atoms with Gasteiger partial charge in [-0.25, -0.2) is 0 Å². The third-order valence-electron chi connectivity index (χ3n) is 9.85. The van der Waals surface area contributed by atoms with Crippen LogP contribution in [0.4, 0.5) is 0 Å². The van der Waals surface area contributed by atoms with E-state index in [4.69, 9.17) is 4.74 Å². The fourth-order valence-electron chi connectivity index (χ4n) is 8.04. The number of carbonyl (C=O) groups is 2. The van der Waals surface area contributed by atoms with Gasteiger partial charge in [0.25, 0.3) is 5.91 Å². The molecule has 3 atom stereocenters. The minimum absolute atomic E-state index is 0.0262. The Labute approximate surface area is 235 Å². The van der Waals surface area contributed by atoms with Gasteiger partial charge in [0.15, 0.2) is 5.78 Å². The number of hydrogen-bond donors (Lipinski definition) is 4. The molecule has 7 rings (SSSR count). The first-order valence-electron chi connectivity index (χ1n) is 14.7. The van der Waals surface area contributed by atoms with Gasteiger partial charge < -0.3 is 25.3 Å². The van der Waals surface area contributed by atoms with Crippen molar-refractivity contribution in [1.29, 1.82) is 0 Å². The van der Waals surface area contributed by atoms with Gasteiger partial charge in [0.1, 0.15) is 18.3 Å². The molecule has 4 fully saturated rings. The van der Waals surface area contributed by atoms with Crippen LogP contribution in [0.2, 0.25) is 0 Å². The standard InChI is InChI=1S/C33H40N2O5/c1-33(16-25-17-34-27-10-6-5-9-26(25)27,32(39)35-28(18-36)31(38)22-7-3-2-4-8-22)40-19-29(37)30-23-12-20-11-21(14-23)15-24(30)13-20/h2-10,17,20-21,23-24,28,30-31,34,36,38H,11-16,18-19H2,1H3,(H,35,39). The average molecular weight is 545 g/mol. The number of amides is 1. The van der Waals surface area contributed by atoms with Crippen LogP contribution in [-0.4, -0.2) is 51.7 Å². The molecule has 4 aliphatic carbocycles. The quantitative estimate of drug-likeness (QED) is 0.287. The Kier molecular flexibility index (Phi) is 7.55. The zero-order chi connectivity index (χ0) is 27.9. The number of fused-ring (bicyclic) bond motifs is 1. The number of rotatable bonds is 11. The summed E-state index contributed by atoms with van der Waals surface area (Å²) in [6, 6.07) is 15.9.